The topological polar surface area (TPSA) is 81.3 Å². The molecule has 0 radical (unpaired) electrons. The Balaban J connectivity index is 2.23. The molecule has 0 aliphatic carbocycles. The smallest absolute Gasteiger partial charge is 0.257 e. The third-order valence-corrected chi connectivity index (χ3v) is 4.70. The predicted octanol–water partition coefficient (Wildman–Crippen LogP) is 3.34. The normalized spacial score (nSPS) is 11.3. The number of anilines is 1. The lowest BCUT2D eigenvalue weighted by Gasteiger charge is -2.23. The number of hydrogen-bond donors (Lipinski definition) is 1. The van der Waals surface area contributed by atoms with Gasteiger partial charge < -0.3 is 15.4 Å². The van der Waals surface area contributed by atoms with Gasteiger partial charge in [0.05, 0.1) is 17.0 Å². The van der Waals surface area contributed by atoms with Crippen LogP contribution >= 0.6 is 0 Å². The molecule has 0 saturated heterocycles. The van der Waals surface area contributed by atoms with Crippen LogP contribution in [0.5, 0.6) is 5.75 Å². The van der Waals surface area contributed by atoms with Crippen LogP contribution in [0.1, 0.15) is 54.5 Å². The summed E-state index contributed by atoms with van der Waals surface area (Å²) in [4.78, 5) is 22.3. The number of ether oxygens (including phenoxy) is 1. The summed E-state index contributed by atoms with van der Waals surface area (Å²) < 4.78 is 5.86. The molecule has 26 heavy (non-hydrogen) atoms. The van der Waals surface area contributed by atoms with Gasteiger partial charge in [-0.2, -0.15) is 0 Å². The van der Waals surface area contributed by atoms with Crippen LogP contribution in [0.3, 0.4) is 0 Å². The Hall–Kier alpha value is -2.63. The summed E-state index contributed by atoms with van der Waals surface area (Å²) in [7, 11) is 3.38. The summed E-state index contributed by atoms with van der Waals surface area (Å²) in [5, 5.41) is 0. The van der Waals surface area contributed by atoms with E-state index in [1.165, 1.54) is 10.5 Å². The number of nitrogen functional groups attached to an aromatic ring is 1. The molecule has 0 aliphatic heterocycles. The highest BCUT2D eigenvalue weighted by atomic mass is 16.5. The average molecular weight is 356 g/mol. The van der Waals surface area contributed by atoms with Crippen LogP contribution in [0, 0.1) is 6.92 Å². The van der Waals surface area contributed by atoms with Gasteiger partial charge in [0, 0.05) is 14.1 Å². The van der Waals surface area contributed by atoms with Crippen LogP contribution in [0.15, 0.2) is 24.3 Å². The maximum atomic E-state index is 12.4. The van der Waals surface area contributed by atoms with E-state index in [0.29, 0.717) is 17.0 Å². The lowest BCUT2D eigenvalue weighted by molar-refractivity contribution is 0.0823. The van der Waals surface area contributed by atoms with Crippen LogP contribution in [-0.2, 0) is 12.0 Å². The minimum Gasteiger partial charge on any atom is -0.487 e. The molecule has 2 rings (SSSR count). The summed E-state index contributed by atoms with van der Waals surface area (Å²) in [6.45, 7) is 8.51. The first-order valence-corrected chi connectivity index (χ1v) is 8.73. The molecule has 1 aromatic heterocycles. The Morgan fingerprint density at radius 1 is 1.19 bits per heavy atom. The van der Waals surface area contributed by atoms with Gasteiger partial charge in [0.25, 0.3) is 5.91 Å². The van der Waals surface area contributed by atoms with E-state index in [9.17, 15) is 4.79 Å². The van der Waals surface area contributed by atoms with Crippen molar-refractivity contribution < 1.29 is 9.53 Å². The number of hydrogen-bond acceptors (Lipinski definition) is 5. The summed E-state index contributed by atoms with van der Waals surface area (Å²) in [6, 6.07) is 8.03. The van der Waals surface area contributed by atoms with Crippen LogP contribution < -0.4 is 10.5 Å². The number of nitrogens with zero attached hydrogens (tertiary/aromatic N) is 3. The van der Waals surface area contributed by atoms with Crippen molar-refractivity contribution in [1.29, 1.82) is 0 Å². The number of nitrogens with two attached hydrogens (primary N) is 1. The van der Waals surface area contributed by atoms with Gasteiger partial charge in [-0.3, -0.25) is 4.79 Å². The minimum absolute atomic E-state index is 0.127. The zero-order chi connectivity index (χ0) is 19.5. The second-order valence-electron chi connectivity index (χ2n) is 7.24. The molecule has 0 atom stereocenters. The molecule has 6 heteroatoms. The standard InChI is InChI=1S/C20H28N4O2/c1-7-20(3,4)14-8-10-15(11-9-14)26-12-16-17(18(25)24(5)6)13(2)22-19(21)23-16/h8-11H,7,12H2,1-6H3,(H2,21,22,23). The Morgan fingerprint density at radius 2 is 1.81 bits per heavy atom. The second-order valence-corrected chi connectivity index (χ2v) is 7.24. The largest absolute Gasteiger partial charge is 0.487 e. The SMILES string of the molecule is CCC(C)(C)c1ccc(OCc2nc(N)nc(C)c2C(=O)N(C)C)cc1. The lowest BCUT2D eigenvalue weighted by Crippen LogP contribution is -2.26. The van der Waals surface area contributed by atoms with Gasteiger partial charge in [0.2, 0.25) is 5.95 Å². The third-order valence-electron chi connectivity index (χ3n) is 4.70. The molecule has 2 N–H and O–H groups in total. The number of aromatic nitrogens is 2. The van der Waals surface area contributed by atoms with Crippen LogP contribution in [-0.4, -0.2) is 34.9 Å². The zero-order valence-electron chi connectivity index (χ0n) is 16.5. The number of aryl methyl sites for hydroxylation is 1. The lowest BCUT2D eigenvalue weighted by atomic mass is 9.82. The van der Waals surface area contributed by atoms with Crippen molar-refractivity contribution in [2.45, 2.75) is 46.1 Å². The molecule has 1 amide bonds. The molecule has 0 fully saturated rings. The number of amides is 1. The van der Waals surface area contributed by atoms with Gasteiger partial charge in [-0.25, -0.2) is 9.97 Å². The fraction of sp³-hybridized carbons (Fsp3) is 0.450. The van der Waals surface area contributed by atoms with Gasteiger partial charge in [0.15, 0.2) is 0 Å². The molecule has 6 nitrogen and oxygen atoms in total. The first-order valence-electron chi connectivity index (χ1n) is 8.73. The fourth-order valence-corrected chi connectivity index (χ4v) is 2.62. The van der Waals surface area contributed by atoms with Crippen molar-refractivity contribution in [3.05, 3.63) is 46.8 Å². The second kappa shape index (κ2) is 7.72. The summed E-state index contributed by atoms with van der Waals surface area (Å²) in [5.41, 5.74) is 8.62. The molecule has 2 aromatic rings. The molecule has 1 heterocycles. The van der Waals surface area contributed by atoms with Gasteiger partial charge in [0.1, 0.15) is 12.4 Å². The Bertz CT molecular complexity index is 783. The highest BCUT2D eigenvalue weighted by Gasteiger charge is 2.21. The predicted molar refractivity (Wildman–Crippen MR) is 103 cm³/mol. The maximum Gasteiger partial charge on any atom is 0.257 e. The molecule has 0 saturated carbocycles. The first kappa shape index (κ1) is 19.7. The first-order chi connectivity index (χ1) is 12.2. The monoisotopic (exact) mass is 356 g/mol. The van der Waals surface area contributed by atoms with Gasteiger partial charge in [-0.15, -0.1) is 0 Å². The Labute approximate surface area is 155 Å². The van der Waals surface area contributed by atoms with Crippen molar-refractivity contribution in [2.75, 3.05) is 19.8 Å². The molecular weight excluding hydrogens is 328 g/mol. The van der Waals surface area contributed by atoms with E-state index >= 15 is 0 Å². The molecule has 0 spiro atoms. The van der Waals surface area contributed by atoms with Crippen molar-refractivity contribution in [2.24, 2.45) is 0 Å². The van der Waals surface area contributed by atoms with E-state index in [2.05, 4.69) is 42.9 Å². The van der Waals surface area contributed by atoms with Crippen molar-refractivity contribution in [3.8, 4) is 5.75 Å². The minimum atomic E-state index is -0.166. The molecule has 0 bridgehead atoms. The summed E-state index contributed by atoms with van der Waals surface area (Å²) in [6.07, 6.45) is 1.06. The van der Waals surface area contributed by atoms with Crippen LogP contribution in [0.2, 0.25) is 0 Å². The average Bonchev–Trinajstić information content (AvgIpc) is 2.59. The Morgan fingerprint density at radius 3 is 2.35 bits per heavy atom. The molecule has 1 aromatic carbocycles. The van der Waals surface area contributed by atoms with Crippen LogP contribution in [0.25, 0.3) is 0 Å². The van der Waals surface area contributed by atoms with Gasteiger partial charge >= 0.3 is 0 Å². The van der Waals surface area contributed by atoms with E-state index < -0.39 is 0 Å². The molecular formula is C20H28N4O2. The summed E-state index contributed by atoms with van der Waals surface area (Å²) in [5.74, 6) is 0.691. The maximum absolute atomic E-state index is 12.4. The molecule has 140 valence electrons. The van der Waals surface area contributed by atoms with Gasteiger partial charge in [-0.05, 0) is 36.5 Å². The van der Waals surface area contributed by atoms with E-state index in [1.54, 1.807) is 21.0 Å². The summed E-state index contributed by atoms with van der Waals surface area (Å²) >= 11 is 0. The van der Waals surface area contributed by atoms with E-state index in [0.717, 1.165) is 12.2 Å². The van der Waals surface area contributed by atoms with Gasteiger partial charge in [-0.1, -0.05) is 32.9 Å². The number of carbonyl (C=O) groups is 1. The van der Waals surface area contributed by atoms with E-state index in [1.807, 2.05) is 12.1 Å². The van der Waals surface area contributed by atoms with Crippen molar-refractivity contribution in [1.82, 2.24) is 14.9 Å². The number of rotatable bonds is 6. The third kappa shape index (κ3) is 4.31. The fourth-order valence-electron chi connectivity index (χ4n) is 2.62. The highest BCUT2D eigenvalue weighted by Crippen LogP contribution is 2.28. The molecule has 0 unspecified atom stereocenters. The van der Waals surface area contributed by atoms with Crippen LogP contribution in [0.4, 0.5) is 5.95 Å². The number of carbonyl (C=O) groups excluding carboxylic acids is 1. The van der Waals surface area contributed by atoms with Crippen molar-refractivity contribution >= 4 is 11.9 Å². The van der Waals surface area contributed by atoms with Crippen molar-refractivity contribution in [3.63, 3.8) is 0 Å². The van der Waals surface area contributed by atoms with E-state index in [-0.39, 0.29) is 23.9 Å². The zero-order valence-corrected chi connectivity index (χ0v) is 16.5. The quantitative estimate of drug-likeness (QED) is 0.858. The molecule has 0 aliphatic rings. The Kier molecular flexibility index (Phi) is 5.85. The number of benzene rings is 1. The highest BCUT2D eigenvalue weighted by molar-refractivity contribution is 5.96. The van der Waals surface area contributed by atoms with E-state index in [4.69, 9.17) is 10.5 Å².